The highest BCUT2D eigenvalue weighted by molar-refractivity contribution is 8.00. The zero-order valence-electron chi connectivity index (χ0n) is 22.2. The molecular weight excluding hydrogens is 631 g/mol. The molecule has 0 aromatic heterocycles. The van der Waals surface area contributed by atoms with Crippen molar-refractivity contribution < 1.29 is 22.8 Å². The Bertz CT molecular complexity index is 1760. The third kappa shape index (κ3) is 9.18. The van der Waals surface area contributed by atoms with Gasteiger partial charge in [-0.05, 0) is 78.9 Å². The first-order valence-electron chi connectivity index (χ1n) is 12.5. The molecule has 0 saturated heterocycles. The van der Waals surface area contributed by atoms with Gasteiger partial charge in [-0.2, -0.15) is 0 Å². The molecule has 4 aromatic carbocycles. The van der Waals surface area contributed by atoms with E-state index in [1.54, 1.807) is 72.8 Å². The quantitative estimate of drug-likeness (QED) is 0.126. The lowest BCUT2D eigenvalue weighted by Gasteiger charge is -2.13. The Kier molecular flexibility index (Phi) is 10.6. The molecule has 0 radical (unpaired) electrons. The average Bonchev–Trinajstić information content (AvgIpc) is 2.98. The Labute approximate surface area is 262 Å². The molecule has 0 atom stereocenters. The molecule has 0 aliphatic rings. The number of carbonyl (C=O) groups excluding carboxylic acids is 3. The van der Waals surface area contributed by atoms with Crippen LogP contribution in [0.25, 0.3) is 6.08 Å². The number of benzene rings is 4. The fourth-order valence-corrected chi connectivity index (χ4v) is 5.36. The number of sulfonamides is 1. The number of halogens is 2. The topological polar surface area (TPSA) is 147 Å². The van der Waals surface area contributed by atoms with Gasteiger partial charge in [0, 0.05) is 37.4 Å². The van der Waals surface area contributed by atoms with Gasteiger partial charge in [0.25, 0.3) is 11.8 Å². The number of primary sulfonamides is 1. The number of nitrogens with one attached hydrogen (secondary N) is 3. The maximum absolute atomic E-state index is 13.3. The minimum atomic E-state index is -3.82. The number of amides is 3. The number of hydrogen-bond donors (Lipinski definition) is 4. The number of rotatable bonds is 10. The lowest BCUT2D eigenvalue weighted by Crippen LogP contribution is -2.30. The van der Waals surface area contributed by atoms with Gasteiger partial charge in [-0.1, -0.05) is 47.5 Å². The average molecular weight is 656 g/mol. The zero-order chi connectivity index (χ0) is 31.0. The number of nitrogens with two attached hydrogens (primary N) is 1. The van der Waals surface area contributed by atoms with Gasteiger partial charge in [0.05, 0.1) is 10.6 Å². The molecule has 0 saturated carbocycles. The molecule has 9 nitrogen and oxygen atoms in total. The van der Waals surface area contributed by atoms with Crippen LogP contribution < -0.4 is 21.1 Å². The molecule has 220 valence electrons. The van der Waals surface area contributed by atoms with Gasteiger partial charge in [0.2, 0.25) is 15.9 Å². The summed E-state index contributed by atoms with van der Waals surface area (Å²) in [6.45, 7) is 0. The first-order valence-corrected chi connectivity index (χ1v) is 15.8. The molecule has 0 heterocycles. The maximum Gasteiger partial charge on any atom is 0.272 e. The van der Waals surface area contributed by atoms with E-state index in [1.165, 1.54) is 42.1 Å². The molecular formula is C30H24Cl2N4O5S2. The summed E-state index contributed by atoms with van der Waals surface area (Å²) in [6, 6.07) is 25.6. The standard InChI is InChI=1S/C30H24Cl2N4O5S2/c31-25-7-4-8-26(32)24(25)17-27(36-29(38)19-5-2-1-3-6-19)30(39)35-21-9-13-22(14-10-21)42-18-28(37)34-20-11-15-23(16-12-20)43(33,40)41/h1-17H,18H2,(H,34,37)(H,35,39)(H,36,38)(H2,33,40,41)/b27-17-. The van der Waals surface area contributed by atoms with Crippen LogP contribution in [0.2, 0.25) is 10.0 Å². The molecule has 0 aliphatic carbocycles. The van der Waals surface area contributed by atoms with E-state index in [1.807, 2.05) is 0 Å². The van der Waals surface area contributed by atoms with E-state index in [0.29, 0.717) is 32.5 Å². The van der Waals surface area contributed by atoms with Crippen molar-refractivity contribution in [3.8, 4) is 0 Å². The highest BCUT2D eigenvalue weighted by Crippen LogP contribution is 2.27. The van der Waals surface area contributed by atoms with Crippen molar-refractivity contribution in [1.29, 1.82) is 0 Å². The fourth-order valence-electron chi connectivity index (χ4n) is 3.64. The molecule has 0 spiro atoms. The van der Waals surface area contributed by atoms with Crippen molar-refractivity contribution in [2.24, 2.45) is 5.14 Å². The van der Waals surface area contributed by atoms with Crippen LogP contribution in [0.5, 0.6) is 0 Å². The fraction of sp³-hybridized carbons (Fsp3) is 0.0333. The summed E-state index contributed by atoms with van der Waals surface area (Å²) in [5.41, 5.74) is 1.53. The van der Waals surface area contributed by atoms with E-state index in [0.717, 1.165) is 4.90 Å². The van der Waals surface area contributed by atoms with Gasteiger partial charge < -0.3 is 16.0 Å². The lowest BCUT2D eigenvalue weighted by molar-refractivity contribution is -0.114. The Hall–Kier alpha value is -4.13. The van der Waals surface area contributed by atoms with Crippen LogP contribution in [0.4, 0.5) is 11.4 Å². The molecule has 0 aliphatic heterocycles. The van der Waals surface area contributed by atoms with E-state index >= 15 is 0 Å². The Morgan fingerprint density at radius 3 is 1.95 bits per heavy atom. The summed E-state index contributed by atoms with van der Waals surface area (Å²) in [6.07, 6.45) is 1.41. The van der Waals surface area contributed by atoms with Gasteiger partial charge in [-0.15, -0.1) is 11.8 Å². The summed E-state index contributed by atoms with van der Waals surface area (Å²) in [7, 11) is -3.82. The summed E-state index contributed by atoms with van der Waals surface area (Å²) in [5.74, 6) is -1.31. The van der Waals surface area contributed by atoms with E-state index in [2.05, 4.69) is 16.0 Å². The minimum Gasteiger partial charge on any atom is -0.325 e. The number of hydrogen-bond acceptors (Lipinski definition) is 6. The predicted octanol–water partition coefficient (Wildman–Crippen LogP) is 5.78. The molecule has 43 heavy (non-hydrogen) atoms. The molecule has 4 aromatic rings. The van der Waals surface area contributed by atoms with E-state index < -0.39 is 21.8 Å². The molecule has 4 rings (SSSR count). The van der Waals surface area contributed by atoms with Gasteiger partial charge in [0.15, 0.2) is 0 Å². The third-order valence-corrected chi connectivity index (χ3v) is 8.37. The summed E-state index contributed by atoms with van der Waals surface area (Å²) >= 11 is 13.9. The molecule has 0 unspecified atom stereocenters. The van der Waals surface area contributed by atoms with Crippen LogP contribution in [0.15, 0.2) is 113 Å². The van der Waals surface area contributed by atoms with E-state index in [-0.39, 0.29) is 22.3 Å². The van der Waals surface area contributed by atoms with Gasteiger partial charge >= 0.3 is 0 Å². The van der Waals surface area contributed by atoms with Crippen molar-refractivity contribution in [1.82, 2.24) is 5.32 Å². The van der Waals surface area contributed by atoms with Gasteiger partial charge in [0.1, 0.15) is 5.70 Å². The maximum atomic E-state index is 13.3. The van der Waals surface area contributed by atoms with Crippen molar-refractivity contribution in [3.05, 3.63) is 124 Å². The van der Waals surface area contributed by atoms with Crippen molar-refractivity contribution >= 4 is 80.2 Å². The van der Waals surface area contributed by atoms with Crippen LogP contribution in [0.1, 0.15) is 15.9 Å². The monoisotopic (exact) mass is 654 g/mol. The Morgan fingerprint density at radius 1 is 0.767 bits per heavy atom. The smallest absolute Gasteiger partial charge is 0.272 e. The van der Waals surface area contributed by atoms with Crippen molar-refractivity contribution in [2.75, 3.05) is 16.4 Å². The van der Waals surface area contributed by atoms with Crippen LogP contribution in [-0.2, 0) is 19.6 Å². The molecule has 5 N–H and O–H groups in total. The summed E-state index contributed by atoms with van der Waals surface area (Å²) in [4.78, 5) is 39.2. The highest BCUT2D eigenvalue weighted by Gasteiger charge is 2.17. The van der Waals surface area contributed by atoms with Crippen LogP contribution in [0.3, 0.4) is 0 Å². The normalized spacial score (nSPS) is 11.5. The van der Waals surface area contributed by atoms with Crippen LogP contribution in [0, 0.1) is 0 Å². The number of carbonyl (C=O) groups is 3. The van der Waals surface area contributed by atoms with Crippen molar-refractivity contribution in [2.45, 2.75) is 9.79 Å². The van der Waals surface area contributed by atoms with Gasteiger partial charge in [-0.3, -0.25) is 14.4 Å². The highest BCUT2D eigenvalue weighted by atomic mass is 35.5. The number of anilines is 2. The second-order valence-corrected chi connectivity index (χ2v) is 12.3. The summed E-state index contributed by atoms with van der Waals surface area (Å²) in [5, 5.41) is 13.8. The summed E-state index contributed by atoms with van der Waals surface area (Å²) < 4.78 is 22.7. The zero-order valence-corrected chi connectivity index (χ0v) is 25.4. The third-order valence-electron chi connectivity index (χ3n) is 5.77. The van der Waals surface area contributed by atoms with E-state index in [4.69, 9.17) is 28.3 Å². The second-order valence-electron chi connectivity index (χ2n) is 8.90. The first-order chi connectivity index (χ1) is 20.5. The SMILES string of the molecule is NS(=O)(=O)c1ccc(NC(=O)CSc2ccc(NC(=O)/C(=C/c3c(Cl)cccc3Cl)NC(=O)c3ccccc3)cc2)cc1. The van der Waals surface area contributed by atoms with Crippen LogP contribution in [-0.4, -0.2) is 31.9 Å². The minimum absolute atomic E-state index is 0.0547. The molecule has 13 heteroatoms. The first kappa shape index (κ1) is 31.8. The molecule has 3 amide bonds. The number of thioether (sulfide) groups is 1. The molecule has 0 fully saturated rings. The largest absolute Gasteiger partial charge is 0.325 e. The van der Waals surface area contributed by atoms with Crippen molar-refractivity contribution in [3.63, 3.8) is 0 Å². The molecule has 0 bridgehead atoms. The van der Waals surface area contributed by atoms with Crippen LogP contribution >= 0.6 is 35.0 Å². The Morgan fingerprint density at radius 2 is 1.35 bits per heavy atom. The Balaban J connectivity index is 1.41. The van der Waals surface area contributed by atoms with Gasteiger partial charge in [-0.25, -0.2) is 13.6 Å². The second kappa shape index (κ2) is 14.4. The lowest BCUT2D eigenvalue weighted by atomic mass is 10.1. The predicted molar refractivity (Wildman–Crippen MR) is 171 cm³/mol. The van der Waals surface area contributed by atoms with E-state index in [9.17, 15) is 22.8 Å².